The highest BCUT2D eigenvalue weighted by Crippen LogP contribution is 2.36. The highest BCUT2D eigenvalue weighted by Gasteiger charge is 2.18. The fourth-order valence-electron chi connectivity index (χ4n) is 4.02. The lowest BCUT2D eigenvalue weighted by molar-refractivity contribution is 0.552. The second-order valence-corrected chi connectivity index (χ2v) is 9.88. The number of benzene rings is 2. The summed E-state index contributed by atoms with van der Waals surface area (Å²) in [5.41, 5.74) is 10.6. The SMILES string of the molecule is C=C(S/C=C(\C)Cc1cc(C)c(N=CN(C)CC)cc1C)c1ccc2c(c1)CCC2C. The Morgan fingerprint density at radius 1 is 1.23 bits per heavy atom. The zero-order valence-corrected chi connectivity index (χ0v) is 20.8. The molecule has 1 atom stereocenters. The standard InChI is InChI=1S/C28H36N2S/c1-8-30(7)18-29-28-15-21(4)26(14-22(28)5)13-19(2)17-31-23(6)24-11-12-27-20(3)9-10-25(27)16-24/h11-12,14-18,20H,6,8-10,13H2,1-5,7H3/b19-17+,29-18?. The van der Waals surface area contributed by atoms with Gasteiger partial charge in [-0.15, -0.1) is 0 Å². The van der Waals surface area contributed by atoms with E-state index in [9.17, 15) is 0 Å². The third kappa shape index (κ3) is 5.92. The molecule has 0 saturated carbocycles. The van der Waals surface area contributed by atoms with Gasteiger partial charge < -0.3 is 4.90 Å². The molecule has 1 aliphatic rings. The van der Waals surface area contributed by atoms with Gasteiger partial charge in [0.1, 0.15) is 0 Å². The van der Waals surface area contributed by atoms with E-state index in [0.29, 0.717) is 5.92 Å². The van der Waals surface area contributed by atoms with Crippen LogP contribution in [0.3, 0.4) is 0 Å². The van der Waals surface area contributed by atoms with Gasteiger partial charge in [0, 0.05) is 18.5 Å². The Balaban J connectivity index is 1.66. The first-order chi connectivity index (χ1) is 14.8. The van der Waals surface area contributed by atoms with E-state index < -0.39 is 0 Å². The van der Waals surface area contributed by atoms with Crippen molar-refractivity contribution >= 4 is 28.7 Å². The molecular formula is C28H36N2S. The lowest BCUT2D eigenvalue weighted by atomic mass is 9.99. The van der Waals surface area contributed by atoms with E-state index in [2.05, 4.69) is 86.8 Å². The molecule has 1 aliphatic carbocycles. The first kappa shape index (κ1) is 23.4. The van der Waals surface area contributed by atoms with Crippen LogP contribution in [0.1, 0.15) is 66.5 Å². The van der Waals surface area contributed by atoms with Crippen molar-refractivity contribution in [2.45, 2.75) is 59.8 Å². The van der Waals surface area contributed by atoms with Crippen molar-refractivity contribution < 1.29 is 0 Å². The second kappa shape index (κ2) is 10.4. The van der Waals surface area contributed by atoms with Crippen LogP contribution in [0.2, 0.25) is 0 Å². The summed E-state index contributed by atoms with van der Waals surface area (Å²) in [4.78, 5) is 7.86. The number of nitrogens with zero attached hydrogens (tertiary/aromatic N) is 2. The Hall–Kier alpha value is -2.26. The molecule has 164 valence electrons. The Bertz CT molecular complexity index is 1020. The summed E-state index contributed by atoms with van der Waals surface area (Å²) in [5.74, 6) is 0.698. The van der Waals surface area contributed by atoms with Gasteiger partial charge in [0.15, 0.2) is 0 Å². The first-order valence-corrected chi connectivity index (χ1v) is 12.1. The van der Waals surface area contributed by atoms with Gasteiger partial charge in [-0.25, -0.2) is 4.99 Å². The predicted octanol–water partition coefficient (Wildman–Crippen LogP) is 7.82. The summed E-state index contributed by atoms with van der Waals surface area (Å²) in [6, 6.07) is 11.4. The van der Waals surface area contributed by atoms with Crippen molar-refractivity contribution in [3.63, 3.8) is 0 Å². The molecule has 0 heterocycles. The van der Waals surface area contributed by atoms with E-state index in [4.69, 9.17) is 0 Å². The van der Waals surface area contributed by atoms with Crippen LogP contribution in [-0.2, 0) is 12.8 Å². The average Bonchev–Trinajstić information content (AvgIpc) is 3.13. The molecule has 0 bridgehead atoms. The summed E-state index contributed by atoms with van der Waals surface area (Å²) in [5, 5.41) is 2.26. The van der Waals surface area contributed by atoms with E-state index in [-0.39, 0.29) is 0 Å². The molecule has 0 amide bonds. The number of allylic oxidation sites excluding steroid dienone is 1. The molecule has 1 unspecified atom stereocenters. The largest absolute Gasteiger partial charge is 0.366 e. The van der Waals surface area contributed by atoms with Gasteiger partial charge in [0.05, 0.1) is 12.0 Å². The maximum atomic E-state index is 4.65. The molecule has 3 rings (SSSR count). The first-order valence-electron chi connectivity index (χ1n) is 11.3. The maximum absolute atomic E-state index is 4.65. The Kier molecular flexibility index (Phi) is 7.83. The Morgan fingerprint density at radius 3 is 2.74 bits per heavy atom. The Morgan fingerprint density at radius 2 is 2.00 bits per heavy atom. The fourth-order valence-corrected chi connectivity index (χ4v) is 4.71. The molecule has 2 aromatic carbocycles. The van der Waals surface area contributed by atoms with Crippen molar-refractivity contribution in [2.24, 2.45) is 4.99 Å². The van der Waals surface area contributed by atoms with E-state index in [1.165, 1.54) is 51.8 Å². The number of fused-ring (bicyclic) bond motifs is 1. The Labute approximate surface area is 193 Å². The minimum atomic E-state index is 0.698. The number of hydrogen-bond donors (Lipinski definition) is 0. The maximum Gasteiger partial charge on any atom is 0.0909 e. The summed E-state index contributed by atoms with van der Waals surface area (Å²) >= 11 is 1.74. The van der Waals surface area contributed by atoms with Gasteiger partial charge in [0.25, 0.3) is 0 Å². The molecule has 2 aromatic rings. The highest BCUT2D eigenvalue weighted by molar-refractivity contribution is 8.10. The molecule has 0 aromatic heterocycles. The quantitative estimate of drug-likeness (QED) is 0.312. The van der Waals surface area contributed by atoms with E-state index in [1.807, 2.05) is 13.4 Å². The van der Waals surface area contributed by atoms with Gasteiger partial charge in [-0.2, -0.15) is 0 Å². The predicted molar refractivity (Wildman–Crippen MR) is 140 cm³/mol. The molecule has 2 nitrogen and oxygen atoms in total. The fraction of sp³-hybridized carbons (Fsp3) is 0.393. The van der Waals surface area contributed by atoms with Crippen molar-refractivity contribution in [1.82, 2.24) is 4.90 Å². The number of aryl methyl sites for hydroxylation is 3. The third-order valence-corrected chi connectivity index (χ3v) is 7.30. The highest BCUT2D eigenvalue weighted by atomic mass is 32.2. The van der Waals surface area contributed by atoms with Crippen LogP contribution in [0.4, 0.5) is 5.69 Å². The topological polar surface area (TPSA) is 15.6 Å². The summed E-state index contributed by atoms with van der Waals surface area (Å²) in [7, 11) is 2.04. The van der Waals surface area contributed by atoms with E-state index in [0.717, 1.165) is 23.6 Å². The number of rotatable bonds is 8. The zero-order valence-electron chi connectivity index (χ0n) is 20.0. The summed E-state index contributed by atoms with van der Waals surface area (Å²) in [6.07, 6.45) is 5.34. The van der Waals surface area contributed by atoms with Crippen LogP contribution in [0.5, 0.6) is 0 Å². The van der Waals surface area contributed by atoms with E-state index >= 15 is 0 Å². The van der Waals surface area contributed by atoms with Crippen molar-refractivity contribution in [3.05, 3.63) is 81.3 Å². The van der Waals surface area contributed by atoms with Crippen molar-refractivity contribution in [1.29, 1.82) is 0 Å². The van der Waals surface area contributed by atoms with Gasteiger partial charge in [-0.1, -0.05) is 55.1 Å². The monoisotopic (exact) mass is 432 g/mol. The smallest absolute Gasteiger partial charge is 0.0909 e. The molecule has 0 N–H and O–H groups in total. The lowest BCUT2D eigenvalue weighted by Crippen LogP contribution is -2.14. The van der Waals surface area contributed by atoms with Gasteiger partial charge >= 0.3 is 0 Å². The molecule has 0 saturated heterocycles. The number of thioether (sulfide) groups is 1. The third-order valence-electron chi connectivity index (χ3n) is 6.26. The normalized spacial score (nSPS) is 16.1. The lowest BCUT2D eigenvalue weighted by Gasteiger charge is -2.12. The van der Waals surface area contributed by atoms with Crippen molar-refractivity contribution in [3.8, 4) is 0 Å². The molecule has 0 fully saturated rings. The average molecular weight is 433 g/mol. The van der Waals surface area contributed by atoms with E-state index in [1.54, 1.807) is 11.8 Å². The molecule has 0 radical (unpaired) electrons. The second-order valence-electron chi connectivity index (χ2n) is 8.92. The van der Waals surface area contributed by atoms with Gasteiger partial charge in [-0.05, 0) is 97.7 Å². The summed E-state index contributed by atoms with van der Waals surface area (Å²) in [6.45, 7) is 16.3. The van der Waals surface area contributed by atoms with Crippen LogP contribution < -0.4 is 0 Å². The summed E-state index contributed by atoms with van der Waals surface area (Å²) < 4.78 is 0. The van der Waals surface area contributed by atoms with Gasteiger partial charge in [0.2, 0.25) is 0 Å². The van der Waals surface area contributed by atoms with Crippen LogP contribution >= 0.6 is 11.8 Å². The van der Waals surface area contributed by atoms with Crippen molar-refractivity contribution in [2.75, 3.05) is 13.6 Å². The van der Waals surface area contributed by atoms with Crippen LogP contribution in [-0.4, -0.2) is 24.8 Å². The van der Waals surface area contributed by atoms with Crippen LogP contribution in [0.25, 0.3) is 4.91 Å². The minimum Gasteiger partial charge on any atom is -0.366 e. The molecule has 0 spiro atoms. The van der Waals surface area contributed by atoms with Crippen LogP contribution in [0, 0.1) is 13.8 Å². The molecule has 3 heteroatoms. The zero-order chi connectivity index (χ0) is 22.5. The molecule has 31 heavy (non-hydrogen) atoms. The van der Waals surface area contributed by atoms with Gasteiger partial charge in [-0.3, -0.25) is 0 Å². The number of hydrogen-bond acceptors (Lipinski definition) is 2. The molecule has 0 aliphatic heterocycles. The van der Waals surface area contributed by atoms with Crippen LogP contribution in [0.15, 0.2) is 52.9 Å². The molecular weight excluding hydrogens is 396 g/mol. The number of aliphatic imine (C=N–C) groups is 1. The minimum absolute atomic E-state index is 0.698.